The number of benzene rings is 1. The van der Waals surface area contributed by atoms with Crippen LogP contribution in [0.1, 0.15) is 57.9 Å². The van der Waals surface area contributed by atoms with E-state index in [0.717, 1.165) is 29.3 Å². The Kier molecular flexibility index (Phi) is 8.49. The van der Waals surface area contributed by atoms with Crippen LogP contribution in [-0.4, -0.2) is 46.0 Å². The Hall–Kier alpha value is -2.87. The zero-order valence-corrected chi connectivity index (χ0v) is 19.5. The van der Waals surface area contributed by atoms with Gasteiger partial charge in [0.25, 0.3) is 0 Å². The third kappa shape index (κ3) is 6.57. The Balaban J connectivity index is 1.63. The predicted octanol–water partition coefficient (Wildman–Crippen LogP) is 2.72. The summed E-state index contributed by atoms with van der Waals surface area (Å²) in [6.07, 6.45) is 8.25. The largest absolute Gasteiger partial charge is 0.480 e. The van der Waals surface area contributed by atoms with E-state index < -0.39 is 30.0 Å². The molecular weight excluding hydrogens is 420 g/mol. The lowest BCUT2D eigenvalue weighted by atomic mass is 9.85. The molecule has 1 fully saturated rings. The van der Waals surface area contributed by atoms with Crippen LogP contribution in [0.2, 0.25) is 0 Å². The van der Waals surface area contributed by atoms with Crippen LogP contribution in [0.25, 0.3) is 10.9 Å². The van der Waals surface area contributed by atoms with Gasteiger partial charge in [-0.3, -0.25) is 9.59 Å². The van der Waals surface area contributed by atoms with Gasteiger partial charge in [0.1, 0.15) is 12.1 Å². The van der Waals surface area contributed by atoms with Crippen LogP contribution < -0.4 is 16.4 Å². The number of aromatic amines is 1. The molecular formula is C25H36N4O4. The summed E-state index contributed by atoms with van der Waals surface area (Å²) < 4.78 is 0. The number of H-pyrrole nitrogens is 1. The molecule has 0 spiro atoms. The third-order valence-corrected chi connectivity index (χ3v) is 6.61. The van der Waals surface area contributed by atoms with Gasteiger partial charge in [0.2, 0.25) is 11.8 Å². The van der Waals surface area contributed by atoms with E-state index in [0.29, 0.717) is 12.3 Å². The molecule has 1 heterocycles. The summed E-state index contributed by atoms with van der Waals surface area (Å²) in [5.41, 5.74) is 7.86. The van der Waals surface area contributed by atoms with Crippen molar-refractivity contribution in [3.63, 3.8) is 0 Å². The number of carbonyl (C=O) groups is 3. The minimum absolute atomic E-state index is 0.130. The van der Waals surface area contributed by atoms with Gasteiger partial charge in [0.15, 0.2) is 0 Å². The molecule has 0 unspecified atom stereocenters. The fourth-order valence-corrected chi connectivity index (χ4v) is 4.67. The normalized spacial score (nSPS) is 17.5. The molecule has 1 saturated carbocycles. The number of para-hydroxylation sites is 1. The number of fused-ring (bicyclic) bond motifs is 1. The van der Waals surface area contributed by atoms with E-state index in [1.54, 1.807) is 6.20 Å². The van der Waals surface area contributed by atoms with Gasteiger partial charge in [-0.25, -0.2) is 4.79 Å². The molecule has 180 valence electrons. The molecule has 8 nitrogen and oxygen atoms in total. The Morgan fingerprint density at radius 1 is 1.09 bits per heavy atom. The SMILES string of the molecule is CC(C)[C@H](NC(=O)[C@@H](N)CC1CCCCC1)C(=O)N[C@@H](Cc1c[nH]c2ccccc12)C(=O)O. The topological polar surface area (TPSA) is 137 Å². The number of carboxylic acid groups (broad SMARTS) is 1. The van der Waals surface area contributed by atoms with Gasteiger partial charge in [-0.2, -0.15) is 0 Å². The average molecular weight is 457 g/mol. The molecule has 1 aromatic carbocycles. The summed E-state index contributed by atoms with van der Waals surface area (Å²) in [6.45, 7) is 3.62. The molecule has 0 radical (unpaired) electrons. The molecule has 2 aromatic rings. The van der Waals surface area contributed by atoms with Crippen LogP contribution in [0, 0.1) is 11.8 Å². The smallest absolute Gasteiger partial charge is 0.326 e. The first-order valence-corrected chi connectivity index (χ1v) is 11.9. The zero-order valence-electron chi connectivity index (χ0n) is 19.5. The van der Waals surface area contributed by atoms with Crippen LogP contribution in [-0.2, 0) is 20.8 Å². The highest BCUT2D eigenvalue weighted by molar-refractivity contribution is 5.92. The second-order valence-electron chi connectivity index (χ2n) is 9.54. The van der Waals surface area contributed by atoms with Crippen molar-refractivity contribution >= 4 is 28.7 Å². The molecule has 0 saturated heterocycles. The first kappa shape index (κ1) is 24.8. The summed E-state index contributed by atoms with van der Waals surface area (Å²) in [6, 6.07) is 4.94. The van der Waals surface area contributed by atoms with E-state index in [1.165, 1.54) is 19.3 Å². The molecule has 0 bridgehead atoms. The molecule has 2 amide bonds. The van der Waals surface area contributed by atoms with Gasteiger partial charge < -0.3 is 26.5 Å². The monoisotopic (exact) mass is 456 g/mol. The first-order valence-electron chi connectivity index (χ1n) is 11.9. The van der Waals surface area contributed by atoms with Crippen LogP contribution in [0.3, 0.4) is 0 Å². The highest BCUT2D eigenvalue weighted by Gasteiger charge is 2.31. The van der Waals surface area contributed by atoms with Crippen molar-refractivity contribution in [3.05, 3.63) is 36.0 Å². The molecule has 1 aromatic heterocycles. The number of carbonyl (C=O) groups excluding carboxylic acids is 2. The second kappa shape index (κ2) is 11.3. The number of carboxylic acids is 1. The fraction of sp³-hybridized carbons (Fsp3) is 0.560. The van der Waals surface area contributed by atoms with Crippen molar-refractivity contribution in [2.45, 2.75) is 76.9 Å². The van der Waals surface area contributed by atoms with Crippen molar-refractivity contribution in [2.75, 3.05) is 0 Å². The van der Waals surface area contributed by atoms with Crippen LogP contribution >= 0.6 is 0 Å². The van der Waals surface area contributed by atoms with Crippen LogP contribution in [0.4, 0.5) is 0 Å². The van der Waals surface area contributed by atoms with E-state index in [4.69, 9.17) is 5.73 Å². The van der Waals surface area contributed by atoms with Gasteiger partial charge in [-0.15, -0.1) is 0 Å². The van der Waals surface area contributed by atoms with Crippen molar-refractivity contribution in [1.82, 2.24) is 15.6 Å². The molecule has 6 N–H and O–H groups in total. The fourth-order valence-electron chi connectivity index (χ4n) is 4.67. The van der Waals surface area contributed by atoms with Crippen LogP contribution in [0.15, 0.2) is 30.5 Å². The number of aromatic nitrogens is 1. The van der Waals surface area contributed by atoms with Crippen LogP contribution in [0.5, 0.6) is 0 Å². The number of amides is 2. The zero-order chi connectivity index (χ0) is 24.0. The Morgan fingerprint density at radius 2 is 1.79 bits per heavy atom. The van der Waals surface area contributed by atoms with Gasteiger partial charge in [0, 0.05) is 23.5 Å². The Morgan fingerprint density at radius 3 is 2.45 bits per heavy atom. The Labute approximate surface area is 194 Å². The highest BCUT2D eigenvalue weighted by atomic mass is 16.4. The maximum atomic E-state index is 13.0. The molecule has 1 aliphatic rings. The lowest BCUT2D eigenvalue weighted by molar-refractivity contribution is -0.142. The first-order chi connectivity index (χ1) is 15.8. The number of nitrogens with two attached hydrogens (primary N) is 1. The van der Waals surface area contributed by atoms with E-state index in [9.17, 15) is 19.5 Å². The highest BCUT2D eigenvalue weighted by Crippen LogP contribution is 2.27. The molecule has 0 aliphatic heterocycles. The summed E-state index contributed by atoms with van der Waals surface area (Å²) in [5, 5.41) is 16.0. The van der Waals surface area contributed by atoms with Crippen molar-refractivity contribution in [3.8, 4) is 0 Å². The third-order valence-electron chi connectivity index (χ3n) is 6.61. The minimum atomic E-state index is -1.13. The summed E-state index contributed by atoms with van der Waals surface area (Å²) in [5.74, 6) is -1.79. The molecule has 33 heavy (non-hydrogen) atoms. The Bertz CT molecular complexity index is 964. The average Bonchev–Trinajstić information content (AvgIpc) is 3.20. The lowest BCUT2D eigenvalue weighted by Gasteiger charge is -2.27. The summed E-state index contributed by atoms with van der Waals surface area (Å²) in [7, 11) is 0. The van der Waals surface area contributed by atoms with Crippen molar-refractivity contribution < 1.29 is 19.5 Å². The summed E-state index contributed by atoms with van der Waals surface area (Å²) >= 11 is 0. The number of hydrogen-bond acceptors (Lipinski definition) is 4. The van der Waals surface area contributed by atoms with Crippen molar-refractivity contribution in [1.29, 1.82) is 0 Å². The molecule has 1 aliphatic carbocycles. The number of rotatable bonds is 10. The van der Waals surface area contributed by atoms with E-state index >= 15 is 0 Å². The second-order valence-corrected chi connectivity index (χ2v) is 9.54. The van der Waals surface area contributed by atoms with Gasteiger partial charge >= 0.3 is 5.97 Å². The van der Waals surface area contributed by atoms with Gasteiger partial charge in [-0.05, 0) is 29.9 Å². The summed E-state index contributed by atoms with van der Waals surface area (Å²) in [4.78, 5) is 40.8. The molecule has 3 atom stereocenters. The standard InChI is InChI=1S/C25H36N4O4/c1-15(2)22(29-23(30)19(26)12-16-8-4-3-5-9-16)24(31)28-21(25(32)33)13-17-14-27-20-11-7-6-10-18(17)20/h6-7,10-11,14-16,19,21-22,27H,3-5,8-9,12-13,26H2,1-2H3,(H,28,31)(H,29,30)(H,32,33)/t19-,21-,22-/m0/s1. The van der Waals surface area contributed by atoms with E-state index in [2.05, 4.69) is 15.6 Å². The minimum Gasteiger partial charge on any atom is -0.480 e. The number of nitrogens with one attached hydrogen (secondary N) is 3. The maximum Gasteiger partial charge on any atom is 0.326 e. The lowest BCUT2D eigenvalue weighted by Crippen LogP contribution is -2.56. The van der Waals surface area contributed by atoms with E-state index in [1.807, 2.05) is 38.1 Å². The quantitative estimate of drug-likeness (QED) is 0.374. The predicted molar refractivity (Wildman–Crippen MR) is 128 cm³/mol. The molecule has 3 rings (SSSR count). The van der Waals surface area contributed by atoms with Gasteiger partial charge in [0.05, 0.1) is 6.04 Å². The number of hydrogen-bond donors (Lipinski definition) is 5. The molecule has 8 heteroatoms. The number of aliphatic carboxylic acids is 1. The van der Waals surface area contributed by atoms with E-state index in [-0.39, 0.29) is 18.2 Å². The maximum absolute atomic E-state index is 13.0. The van der Waals surface area contributed by atoms with Crippen molar-refractivity contribution in [2.24, 2.45) is 17.6 Å². The van der Waals surface area contributed by atoms with Gasteiger partial charge in [-0.1, -0.05) is 64.2 Å².